The van der Waals surface area contributed by atoms with Gasteiger partial charge in [0.2, 0.25) is 0 Å². The Morgan fingerprint density at radius 3 is 2.75 bits per heavy atom. The van der Waals surface area contributed by atoms with E-state index in [-0.39, 0.29) is 12.4 Å². The van der Waals surface area contributed by atoms with Crippen LogP contribution in [0.2, 0.25) is 5.02 Å². The Morgan fingerprint density at radius 2 is 2.05 bits per heavy atom. The second-order valence-electron chi connectivity index (χ2n) is 4.33. The van der Waals surface area contributed by atoms with Crippen LogP contribution in [0.25, 0.3) is 0 Å². The number of halogens is 1. The molecule has 0 amide bonds. The molecule has 106 valence electrons. The second kappa shape index (κ2) is 6.50. The molecule has 2 rings (SSSR count). The van der Waals surface area contributed by atoms with Crippen LogP contribution in [-0.4, -0.2) is 17.3 Å². The summed E-state index contributed by atoms with van der Waals surface area (Å²) in [5, 5.41) is 22.8. The molecule has 0 aliphatic carbocycles. The van der Waals surface area contributed by atoms with Crippen LogP contribution in [0.5, 0.6) is 11.5 Å². The Balaban J connectivity index is 2.16. The van der Waals surface area contributed by atoms with Gasteiger partial charge in [-0.05, 0) is 23.8 Å². The summed E-state index contributed by atoms with van der Waals surface area (Å²) in [6.07, 6.45) is 0. The molecule has 0 saturated heterocycles. The van der Waals surface area contributed by atoms with Gasteiger partial charge in [0, 0.05) is 28.9 Å². The zero-order valence-electron chi connectivity index (χ0n) is 11.1. The van der Waals surface area contributed by atoms with E-state index in [0.717, 1.165) is 11.3 Å². The first-order chi connectivity index (χ1) is 9.63. The van der Waals surface area contributed by atoms with Crippen LogP contribution in [0, 0.1) is 0 Å². The number of phenols is 1. The Morgan fingerprint density at radius 1 is 1.25 bits per heavy atom. The van der Waals surface area contributed by atoms with Crippen molar-refractivity contribution in [3.8, 4) is 11.5 Å². The van der Waals surface area contributed by atoms with Crippen molar-refractivity contribution in [3.05, 3.63) is 52.5 Å². The normalized spacial score (nSPS) is 10.3. The van der Waals surface area contributed by atoms with Gasteiger partial charge in [0.05, 0.1) is 13.7 Å². The van der Waals surface area contributed by atoms with Crippen LogP contribution >= 0.6 is 11.6 Å². The molecule has 0 saturated carbocycles. The van der Waals surface area contributed by atoms with E-state index in [0.29, 0.717) is 22.9 Å². The molecule has 0 fully saturated rings. The monoisotopic (exact) mass is 293 g/mol. The van der Waals surface area contributed by atoms with Crippen molar-refractivity contribution in [2.24, 2.45) is 0 Å². The Kier molecular flexibility index (Phi) is 4.71. The standard InChI is InChI=1S/C15H16ClNO3/c1-20-14-7-12(16)6-11(15(14)19)8-17-13-4-2-3-10(5-13)9-18/h2-7,17-19H,8-9H2,1H3. The van der Waals surface area contributed by atoms with Gasteiger partial charge in [0.15, 0.2) is 11.5 Å². The van der Waals surface area contributed by atoms with Crippen LogP contribution in [0.15, 0.2) is 36.4 Å². The molecule has 5 heteroatoms. The lowest BCUT2D eigenvalue weighted by Gasteiger charge is -2.12. The zero-order chi connectivity index (χ0) is 14.5. The molecule has 0 aliphatic heterocycles. The maximum atomic E-state index is 10.0. The van der Waals surface area contributed by atoms with E-state index in [1.807, 2.05) is 24.3 Å². The number of rotatable bonds is 5. The summed E-state index contributed by atoms with van der Waals surface area (Å²) in [7, 11) is 1.48. The molecule has 0 bridgehead atoms. The first-order valence-electron chi connectivity index (χ1n) is 6.13. The molecular weight excluding hydrogens is 278 g/mol. The summed E-state index contributed by atoms with van der Waals surface area (Å²) < 4.78 is 5.06. The van der Waals surface area contributed by atoms with Gasteiger partial charge >= 0.3 is 0 Å². The van der Waals surface area contributed by atoms with Crippen LogP contribution in [0.3, 0.4) is 0 Å². The summed E-state index contributed by atoms with van der Waals surface area (Å²) in [5.41, 5.74) is 2.32. The number of hydrogen-bond donors (Lipinski definition) is 3. The number of aliphatic hydroxyl groups excluding tert-OH is 1. The summed E-state index contributed by atoms with van der Waals surface area (Å²) in [4.78, 5) is 0. The number of benzene rings is 2. The van der Waals surface area contributed by atoms with Gasteiger partial charge in [0.1, 0.15) is 0 Å². The van der Waals surface area contributed by atoms with Crippen molar-refractivity contribution in [3.63, 3.8) is 0 Å². The molecule has 2 aromatic rings. The summed E-state index contributed by atoms with van der Waals surface area (Å²) in [5.74, 6) is 0.418. The summed E-state index contributed by atoms with van der Waals surface area (Å²) >= 11 is 5.98. The molecule has 0 aliphatic rings. The molecule has 0 aromatic heterocycles. The Hall–Kier alpha value is -1.91. The number of phenolic OH excluding ortho intramolecular Hbond substituents is 1. The van der Waals surface area contributed by atoms with Gasteiger partial charge in [-0.3, -0.25) is 0 Å². The quantitative estimate of drug-likeness (QED) is 0.792. The highest BCUT2D eigenvalue weighted by Crippen LogP contribution is 2.33. The minimum atomic E-state index is -0.00818. The SMILES string of the molecule is COc1cc(Cl)cc(CNc2cccc(CO)c2)c1O. The van der Waals surface area contributed by atoms with Crippen molar-refractivity contribution in [1.82, 2.24) is 0 Å². The molecule has 0 unspecified atom stereocenters. The maximum Gasteiger partial charge on any atom is 0.162 e. The average molecular weight is 294 g/mol. The topological polar surface area (TPSA) is 61.7 Å². The van der Waals surface area contributed by atoms with Crippen molar-refractivity contribution in [2.75, 3.05) is 12.4 Å². The molecule has 4 nitrogen and oxygen atoms in total. The number of nitrogens with one attached hydrogen (secondary N) is 1. The lowest BCUT2D eigenvalue weighted by atomic mass is 10.1. The van der Waals surface area contributed by atoms with Gasteiger partial charge in [-0.25, -0.2) is 0 Å². The number of aromatic hydroxyl groups is 1. The Labute approximate surface area is 122 Å². The van der Waals surface area contributed by atoms with E-state index >= 15 is 0 Å². The third-order valence-electron chi connectivity index (χ3n) is 2.93. The molecule has 0 atom stereocenters. The molecule has 0 spiro atoms. The predicted molar refractivity (Wildman–Crippen MR) is 79.4 cm³/mol. The average Bonchev–Trinajstić information content (AvgIpc) is 2.48. The van der Waals surface area contributed by atoms with Gasteiger partial charge in [-0.1, -0.05) is 23.7 Å². The fourth-order valence-electron chi connectivity index (χ4n) is 1.90. The minimum Gasteiger partial charge on any atom is -0.504 e. The molecular formula is C15H16ClNO3. The van der Waals surface area contributed by atoms with Crippen molar-refractivity contribution >= 4 is 17.3 Å². The maximum absolute atomic E-state index is 10.0. The van der Waals surface area contributed by atoms with Gasteiger partial charge in [-0.2, -0.15) is 0 Å². The lowest BCUT2D eigenvalue weighted by molar-refractivity contribution is 0.282. The largest absolute Gasteiger partial charge is 0.504 e. The first-order valence-corrected chi connectivity index (χ1v) is 6.51. The van der Waals surface area contributed by atoms with Gasteiger partial charge in [-0.15, -0.1) is 0 Å². The van der Waals surface area contributed by atoms with Crippen LogP contribution < -0.4 is 10.1 Å². The smallest absolute Gasteiger partial charge is 0.162 e. The number of hydrogen-bond acceptors (Lipinski definition) is 4. The number of methoxy groups -OCH3 is 1. The number of anilines is 1. The Bertz CT molecular complexity index is 602. The van der Waals surface area contributed by atoms with E-state index in [1.165, 1.54) is 7.11 Å². The second-order valence-corrected chi connectivity index (χ2v) is 4.76. The third-order valence-corrected chi connectivity index (χ3v) is 3.15. The first kappa shape index (κ1) is 14.5. The molecule has 0 radical (unpaired) electrons. The van der Waals surface area contributed by atoms with E-state index in [2.05, 4.69) is 5.32 Å². The molecule has 3 N–H and O–H groups in total. The van der Waals surface area contributed by atoms with E-state index < -0.39 is 0 Å². The van der Waals surface area contributed by atoms with Crippen molar-refractivity contribution in [2.45, 2.75) is 13.2 Å². The fourth-order valence-corrected chi connectivity index (χ4v) is 2.13. The van der Waals surface area contributed by atoms with Crippen molar-refractivity contribution < 1.29 is 14.9 Å². The molecule has 2 aromatic carbocycles. The number of aliphatic hydroxyl groups is 1. The minimum absolute atomic E-state index is 0.00818. The predicted octanol–water partition coefficient (Wildman–Crippen LogP) is 3.16. The highest BCUT2D eigenvalue weighted by Gasteiger charge is 2.09. The van der Waals surface area contributed by atoms with E-state index in [1.54, 1.807) is 12.1 Å². The highest BCUT2D eigenvalue weighted by atomic mass is 35.5. The summed E-state index contributed by atoms with van der Waals surface area (Å²) in [6, 6.07) is 10.7. The fraction of sp³-hybridized carbons (Fsp3) is 0.200. The third kappa shape index (κ3) is 3.35. The van der Waals surface area contributed by atoms with Crippen molar-refractivity contribution in [1.29, 1.82) is 0 Å². The van der Waals surface area contributed by atoms with E-state index in [4.69, 9.17) is 21.4 Å². The lowest BCUT2D eigenvalue weighted by Crippen LogP contribution is -2.01. The zero-order valence-corrected chi connectivity index (χ0v) is 11.8. The van der Waals surface area contributed by atoms with Crippen LogP contribution in [-0.2, 0) is 13.2 Å². The molecule has 20 heavy (non-hydrogen) atoms. The van der Waals surface area contributed by atoms with Gasteiger partial charge in [0.25, 0.3) is 0 Å². The molecule has 0 heterocycles. The summed E-state index contributed by atoms with van der Waals surface area (Å²) in [6.45, 7) is 0.392. The van der Waals surface area contributed by atoms with Crippen LogP contribution in [0.4, 0.5) is 5.69 Å². The highest BCUT2D eigenvalue weighted by molar-refractivity contribution is 6.30. The van der Waals surface area contributed by atoms with Crippen LogP contribution in [0.1, 0.15) is 11.1 Å². The van der Waals surface area contributed by atoms with Gasteiger partial charge < -0.3 is 20.3 Å². The number of ether oxygens (including phenoxy) is 1. The van der Waals surface area contributed by atoms with E-state index in [9.17, 15) is 5.11 Å².